The number of rotatable bonds is 9. The molecule has 5 heteroatoms. The van der Waals surface area contributed by atoms with Gasteiger partial charge >= 0.3 is 0 Å². The molecule has 152 valence electrons. The van der Waals surface area contributed by atoms with Crippen molar-refractivity contribution in [3.63, 3.8) is 0 Å². The van der Waals surface area contributed by atoms with Gasteiger partial charge in [-0.2, -0.15) is 11.8 Å². The average Bonchev–Trinajstić information content (AvgIpc) is 2.63. The Morgan fingerprint density at radius 3 is 2.59 bits per heavy atom. The maximum absolute atomic E-state index is 12.5. The second-order valence-electron chi connectivity index (χ2n) is 8.55. The normalized spacial score (nSPS) is 15.3. The van der Waals surface area contributed by atoms with Gasteiger partial charge in [-0.15, -0.1) is 0 Å². The number of amides is 1. The molecule has 1 aliphatic rings. The zero-order chi connectivity index (χ0) is 19.9. The molecule has 0 aliphatic carbocycles. The number of quaternary nitrogens is 1. The highest BCUT2D eigenvalue weighted by Crippen LogP contribution is 2.24. The first-order valence-electron chi connectivity index (χ1n) is 10.2. The third-order valence-corrected chi connectivity index (χ3v) is 6.16. The van der Waals surface area contributed by atoms with Crippen molar-refractivity contribution in [1.82, 2.24) is 4.90 Å². The molecule has 1 heterocycles. The highest BCUT2D eigenvalue weighted by atomic mass is 32.2. The number of ether oxygens (including phenoxy) is 1. The minimum Gasteiger partial charge on any atom is -0.493 e. The van der Waals surface area contributed by atoms with Gasteiger partial charge in [0.05, 0.1) is 27.2 Å². The molecule has 0 spiro atoms. The van der Waals surface area contributed by atoms with Crippen LogP contribution in [0.25, 0.3) is 0 Å². The lowest BCUT2D eigenvalue weighted by molar-refractivity contribution is -0.883. The molecule has 0 unspecified atom stereocenters. The van der Waals surface area contributed by atoms with Crippen molar-refractivity contribution >= 4 is 17.7 Å². The molecule has 1 fully saturated rings. The van der Waals surface area contributed by atoms with Gasteiger partial charge < -0.3 is 14.1 Å². The van der Waals surface area contributed by atoms with Gasteiger partial charge in [0.15, 0.2) is 6.54 Å². The van der Waals surface area contributed by atoms with E-state index in [1.165, 1.54) is 11.1 Å². The quantitative estimate of drug-likeness (QED) is 0.470. The number of hydrogen-bond acceptors (Lipinski definition) is 3. The van der Waals surface area contributed by atoms with Crippen molar-refractivity contribution in [3.8, 4) is 5.75 Å². The second-order valence-corrected chi connectivity index (χ2v) is 9.77. The first-order valence-corrected chi connectivity index (χ1v) is 11.3. The number of hydrogen-bond donors (Lipinski definition) is 0. The summed E-state index contributed by atoms with van der Waals surface area (Å²) in [5.41, 5.74) is 2.52. The maximum Gasteiger partial charge on any atom is 0.277 e. The summed E-state index contributed by atoms with van der Waals surface area (Å²) in [7, 11) is 4.32. The van der Waals surface area contributed by atoms with Gasteiger partial charge in [-0.3, -0.25) is 4.79 Å². The second kappa shape index (κ2) is 10.4. The Morgan fingerprint density at radius 2 is 1.93 bits per heavy atom. The third kappa shape index (κ3) is 7.38. The SMILES string of the molecule is Cc1ccc(C(C)C)cc1OCCCC[N+](C)(C)CC(=O)N1CCSCC1. The van der Waals surface area contributed by atoms with E-state index in [2.05, 4.69) is 53.1 Å². The fourth-order valence-electron chi connectivity index (χ4n) is 3.31. The van der Waals surface area contributed by atoms with Gasteiger partial charge in [0, 0.05) is 24.6 Å². The molecule has 4 nitrogen and oxygen atoms in total. The van der Waals surface area contributed by atoms with Gasteiger partial charge in [-0.1, -0.05) is 26.0 Å². The molecule has 1 saturated heterocycles. The highest BCUT2D eigenvalue weighted by Gasteiger charge is 2.25. The molecule has 0 N–H and O–H groups in total. The third-order valence-electron chi connectivity index (χ3n) is 5.22. The zero-order valence-electron chi connectivity index (χ0n) is 17.8. The minimum atomic E-state index is 0.303. The van der Waals surface area contributed by atoms with Crippen LogP contribution in [0.1, 0.15) is 43.7 Å². The molecule has 1 aromatic rings. The summed E-state index contributed by atoms with van der Waals surface area (Å²) in [6, 6.07) is 6.51. The Balaban J connectivity index is 1.71. The smallest absolute Gasteiger partial charge is 0.277 e. The molecular weight excluding hydrogens is 356 g/mol. The number of benzene rings is 1. The van der Waals surface area contributed by atoms with E-state index in [9.17, 15) is 4.79 Å². The van der Waals surface area contributed by atoms with Gasteiger partial charge in [-0.05, 0) is 42.9 Å². The highest BCUT2D eigenvalue weighted by molar-refractivity contribution is 7.99. The minimum absolute atomic E-state index is 0.303. The number of aryl methyl sites for hydroxylation is 1. The molecule has 2 rings (SSSR count). The summed E-state index contributed by atoms with van der Waals surface area (Å²) < 4.78 is 6.79. The topological polar surface area (TPSA) is 29.5 Å². The predicted molar refractivity (Wildman–Crippen MR) is 116 cm³/mol. The molecule has 0 radical (unpaired) electrons. The van der Waals surface area contributed by atoms with E-state index >= 15 is 0 Å². The van der Waals surface area contributed by atoms with Crippen molar-refractivity contribution in [2.24, 2.45) is 0 Å². The number of carbonyl (C=O) groups is 1. The Bertz CT molecular complexity index is 610. The summed E-state index contributed by atoms with van der Waals surface area (Å²) in [5.74, 6) is 3.98. The lowest BCUT2D eigenvalue weighted by Gasteiger charge is -2.33. The van der Waals surface area contributed by atoms with Crippen LogP contribution in [0.4, 0.5) is 0 Å². The Labute approximate surface area is 169 Å². The number of carbonyl (C=O) groups excluding carboxylic acids is 1. The molecule has 0 saturated carbocycles. The molecular formula is C22H37N2O2S+. The van der Waals surface area contributed by atoms with E-state index in [-0.39, 0.29) is 0 Å². The molecule has 1 aromatic carbocycles. The first kappa shape index (κ1) is 22.1. The van der Waals surface area contributed by atoms with Gasteiger partial charge in [0.1, 0.15) is 5.75 Å². The van der Waals surface area contributed by atoms with Crippen molar-refractivity contribution in [2.75, 3.05) is 58.4 Å². The van der Waals surface area contributed by atoms with E-state index in [0.29, 0.717) is 18.4 Å². The molecule has 1 aliphatic heterocycles. The van der Waals surface area contributed by atoms with E-state index in [1.807, 2.05) is 16.7 Å². The van der Waals surface area contributed by atoms with Crippen LogP contribution >= 0.6 is 11.8 Å². The van der Waals surface area contributed by atoms with Crippen LogP contribution in [-0.4, -0.2) is 73.7 Å². The van der Waals surface area contributed by atoms with Crippen LogP contribution in [0.3, 0.4) is 0 Å². The Kier molecular flexibility index (Phi) is 8.49. The summed E-state index contributed by atoms with van der Waals surface area (Å²) in [6.07, 6.45) is 2.08. The van der Waals surface area contributed by atoms with Crippen LogP contribution in [0.5, 0.6) is 5.75 Å². The van der Waals surface area contributed by atoms with Crippen LogP contribution in [0.2, 0.25) is 0 Å². The van der Waals surface area contributed by atoms with Crippen molar-refractivity contribution in [3.05, 3.63) is 29.3 Å². The standard InChI is InChI=1S/C22H37N2O2S/c1-18(2)20-9-8-19(3)21(16-20)26-13-7-6-12-24(4,5)17-22(25)23-10-14-27-15-11-23/h8-9,16,18H,6-7,10-15,17H2,1-5H3/q+1. The Hall–Kier alpha value is -1.20. The average molecular weight is 394 g/mol. The maximum atomic E-state index is 12.5. The lowest BCUT2D eigenvalue weighted by Crippen LogP contribution is -2.50. The molecule has 0 bridgehead atoms. The molecule has 27 heavy (non-hydrogen) atoms. The van der Waals surface area contributed by atoms with Crippen LogP contribution in [0.15, 0.2) is 18.2 Å². The summed E-state index contributed by atoms with van der Waals surface area (Å²) in [5, 5.41) is 0. The fraction of sp³-hybridized carbons (Fsp3) is 0.682. The summed E-state index contributed by atoms with van der Waals surface area (Å²) in [6.45, 7) is 10.7. The van der Waals surface area contributed by atoms with E-state index < -0.39 is 0 Å². The number of likely N-dealkylation sites (N-methyl/N-ethyl adjacent to an activating group) is 1. The summed E-state index contributed by atoms with van der Waals surface area (Å²) in [4.78, 5) is 14.5. The number of nitrogens with zero attached hydrogens (tertiary/aromatic N) is 2. The molecule has 0 atom stereocenters. The zero-order valence-corrected chi connectivity index (χ0v) is 18.6. The van der Waals surface area contributed by atoms with Gasteiger partial charge in [0.25, 0.3) is 5.91 Å². The number of thioether (sulfide) groups is 1. The van der Waals surface area contributed by atoms with E-state index in [1.54, 1.807) is 0 Å². The van der Waals surface area contributed by atoms with Gasteiger partial charge in [0.2, 0.25) is 0 Å². The van der Waals surface area contributed by atoms with Crippen molar-refractivity contribution < 1.29 is 14.0 Å². The van der Waals surface area contributed by atoms with E-state index in [0.717, 1.165) is 60.8 Å². The van der Waals surface area contributed by atoms with Crippen LogP contribution in [0, 0.1) is 6.92 Å². The largest absolute Gasteiger partial charge is 0.493 e. The number of unbranched alkanes of at least 4 members (excludes halogenated alkanes) is 1. The van der Waals surface area contributed by atoms with Crippen LogP contribution in [-0.2, 0) is 4.79 Å². The van der Waals surface area contributed by atoms with E-state index in [4.69, 9.17) is 4.74 Å². The first-order chi connectivity index (χ1) is 12.8. The fourth-order valence-corrected chi connectivity index (χ4v) is 4.22. The van der Waals surface area contributed by atoms with Crippen molar-refractivity contribution in [1.29, 1.82) is 0 Å². The Morgan fingerprint density at radius 1 is 1.22 bits per heavy atom. The van der Waals surface area contributed by atoms with Crippen LogP contribution < -0.4 is 4.74 Å². The molecule has 1 amide bonds. The molecule has 0 aromatic heterocycles. The summed E-state index contributed by atoms with van der Waals surface area (Å²) >= 11 is 1.94. The predicted octanol–water partition coefficient (Wildman–Crippen LogP) is 3.93. The van der Waals surface area contributed by atoms with Crippen molar-refractivity contribution in [2.45, 2.75) is 39.5 Å². The monoisotopic (exact) mass is 393 g/mol. The lowest BCUT2D eigenvalue weighted by atomic mass is 10.0. The van der Waals surface area contributed by atoms with Gasteiger partial charge in [-0.25, -0.2) is 0 Å².